The Labute approximate surface area is 111 Å². The molecular formula is C14H18FNO3. The molecule has 0 atom stereocenters. The van der Waals surface area contributed by atoms with Crippen LogP contribution in [0.2, 0.25) is 0 Å². The summed E-state index contributed by atoms with van der Waals surface area (Å²) < 4.78 is 13.3. The number of nitrogens with zero attached hydrogens (tertiary/aromatic N) is 1. The average molecular weight is 267 g/mol. The second kappa shape index (κ2) is 5.38. The van der Waals surface area contributed by atoms with Gasteiger partial charge in [-0.2, -0.15) is 0 Å². The zero-order valence-electron chi connectivity index (χ0n) is 11.5. The summed E-state index contributed by atoms with van der Waals surface area (Å²) in [5, 5.41) is 9.18. The summed E-state index contributed by atoms with van der Waals surface area (Å²) >= 11 is 0. The molecule has 0 fully saturated rings. The SMILES string of the molecule is CCN(C(=O)c1cc(C)cc(F)c1)C(C)(C)C(=O)O. The zero-order valence-corrected chi connectivity index (χ0v) is 11.5. The summed E-state index contributed by atoms with van der Waals surface area (Å²) in [5.74, 6) is -2.10. The molecule has 0 aromatic heterocycles. The van der Waals surface area contributed by atoms with E-state index >= 15 is 0 Å². The summed E-state index contributed by atoms with van der Waals surface area (Å²) in [7, 11) is 0. The molecule has 4 nitrogen and oxygen atoms in total. The fraction of sp³-hybridized carbons (Fsp3) is 0.429. The predicted octanol–water partition coefficient (Wildman–Crippen LogP) is 2.46. The van der Waals surface area contributed by atoms with Crippen LogP contribution in [0.4, 0.5) is 4.39 Å². The van der Waals surface area contributed by atoms with Gasteiger partial charge in [0.25, 0.3) is 5.91 Å². The molecule has 104 valence electrons. The topological polar surface area (TPSA) is 57.6 Å². The normalized spacial score (nSPS) is 11.2. The quantitative estimate of drug-likeness (QED) is 0.911. The summed E-state index contributed by atoms with van der Waals surface area (Å²) in [5.41, 5.74) is -0.562. The molecule has 1 amide bonds. The van der Waals surface area contributed by atoms with Crippen molar-refractivity contribution in [2.45, 2.75) is 33.2 Å². The Morgan fingerprint density at radius 3 is 2.32 bits per heavy atom. The maximum absolute atomic E-state index is 13.3. The van der Waals surface area contributed by atoms with E-state index in [0.29, 0.717) is 5.56 Å². The van der Waals surface area contributed by atoms with Crippen molar-refractivity contribution in [3.05, 3.63) is 35.1 Å². The second-order valence-electron chi connectivity index (χ2n) is 4.93. The van der Waals surface area contributed by atoms with Gasteiger partial charge in [-0.25, -0.2) is 9.18 Å². The van der Waals surface area contributed by atoms with Crippen LogP contribution in [0, 0.1) is 12.7 Å². The first-order valence-corrected chi connectivity index (χ1v) is 6.02. The Morgan fingerprint density at radius 1 is 1.32 bits per heavy atom. The van der Waals surface area contributed by atoms with Gasteiger partial charge >= 0.3 is 5.97 Å². The van der Waals surface area contributed by atoms with Crippen molar-refractivity contribution in [1.82, 2.24) is 4.90 Å². The number of rotatable bonds is 4. The molecule has 1 rings (SSSR count). The lowest BCUT2D eigenvalue weighted by Gasteiger charge is -2.34. The number of halogens is 1. The molecule has 0 saturated carbocycles. The molecule has 0 radical (unpaired) electrons. The molecule has 5 heteroatoms. The minimum atomic E-state index is -1.34. The lowest BCUT2D eigenvalue weighted by atomic mass is 10.0. The van der Waals surface area contributed by atoms with E-state index in [0.717, 1.165) is 6.07 Å². The highest BCUT2D eigenvalue weighted by molar-refractivity contribution is 5.97. The van der Waals surface area contributed by atoms with Crippen molar-refractivity contribution in [2.75, 3.05) is 6.54 Å². The number of benzene rings is 1. The summed E-state index contributed by atoms with van der Waals surface area (Å²) in [6, 6.07) is 3.98. The smallest absolute Gasteiger partial charge is 0.329 e. The molecule has 0 heterocycles. The van der Waals surface area contributed by atoms with Crippen LogP contribution in [-0.2, 0) is 4.79 Å². The fourth-order valence-corrected chi connectivity index (χ4v) is 1.92. The number of likely N-dealkylation sites (N-methyl/N-ethyl adjacent to an activating group) is 1. The van der Waals surface area contributed by atoms with E-state index in [1.807, 2.05) is 0 Å². The lowest BCUT2D eigenvalue weighted by molar-refractivity contribution is -0.147. The number of carboxylic acids is 1. The van der Waals surface area contributed by atoms with Crippen LogP contribution in [0.5, 0.6) is 0 Å². The van der Waals surface area contributed by atoms with Gasteiger partial charge in [-0.3, -0.25) is 4.79 Å². The molecule has 0 aliphatic heterocycles. The van der Waals surface area contributed by atoms with Gasteiger partial charge in [0.05, 0.1) is 0 Å². The van der Waals surface area contributed by atoms with E-state index in [1.54, 1.807) is 19.9 Å². The third kappa shape index (κ3) is 3.10. The molecule has 19 heavy (non-hydrogen) atoms. The van der Waals surface area contributed by atoms with Gasteiger partial charge in [-0.15, -0.1) is 0 Å². The molecule has 0 bridgehead atoms. The molecular weight excluding hydrogens is 249 g/mol. The maximum Gasteiger partial charge on any atom is 0.329 e. The van der Waals surface area contributed by atoms with Crippen LogP contribution in [0.15, 0.2) is 18.2 Å². The number of aryl methyl sites for hydroxylation is 1. The van der Waals surface area contributed by atoms with Crippen LogP contribution < -0.4 is 0 Å². The highest BCUT2D eigenvalue weighted by Gasteiger charge is 2.37. The highest BCUT2D eigenvalue weighted by atomic mass is 19.1. The van der Waals surface area contributed by atoms with E-state index in [1.165, 1.54) is 24.8 Å². The van der Waals surface area contributed by atoms with Gasteiger partial charge in [-0.05, 0) is 51.5 Å². The van der Waals surface area contributed by atoms with Gasteiger partial charge in [0.2, 0.25) is 0 Å². The number of carbonyl (C=O) groups is 2. The van der Waals surface area contributed by atoms with Crippen LogP contribution in [0.25, 0.3) is 0 Å². The second-order valence-corrected chi connectivity index (χ2v) is 4.93. The third-order valence-electron chi connectivity index (χ3n) is 3.05. The first kappa shape index (κ1) is 15.1. The van der Waals surface area contributed by atoms with E-state index in [2.05, 4.69) is 0 Å². The summed E-state index contributed by atoms with van der Waals surface area (Å²) in [6.07, 6.45) is 0. The molecule has 0 unspecified atom stereocenters. The number of amides is 1. The average Bonchev–Trinajstić information content (AvgIpc) is 2.27. The van der Waals surface area contributed by atoms with Gasteiger partial charge in [-0.1, -0.05) is 0 Å². The van der Waals surface area contributed by atoms with Gasteiger partial charge in [0.15, 0.2) is 0 Å². The van der Waals surface area contributed by atoms with Gasteiger partial charge in [0.1, 0.15) is 11.4 Å². The van der Waals surface area contributed by atoms with Crippen molar-refractivity contribution in [2.24, 2.45) is 0 Å². The first-order chi connectivity index (χ1) is 8.70. The standard InChI is InChI=1S/C14H18FNO3/c1-5-16(14(3,4)13(18)19)12(17)10-6-9(2)7-11(15)8-10/h6-8H,5H2,1-4H3,(H,18,19). The maximum atomic E-state index is 13.3. The number of carbonyl (C=O) groups excluding carboxylic acids is 1. The first-order valence-electron chi connectivity index (χ1n) is 6.02. The molecule has 0 aliphatic carbocycles. The van der Waals surface area contributed by atoms with Crippen molar-refractivity contribution in [1.29, 1.82) is 0 Å². The molecule has 1 aromatic rings. The summed E-state index contributed by atoms with van der Waals surface area (Å²) in [4.78, 5) is 24.8. The minimum absolute atomic E-state index is 0.161. The number of hydrogen-bond donors (Lipinski definition) is 1. The lowest BCUT2D eigenvalue weighted by Crippen LogP contribution is -2.52. The van der Waals surface area contributed by atoms with E-state index in [9.17, 15) is 19.1 Å². The molecule has 0 saturated heterocycles. The van der Waals surface area contributed by atoms with Crippen molar-refractivity contribution < 1.29 is 19.1 Å². The van der Waals surface area contributed by atoms with Gasteiger partial charge in [0, 0.05) is 12.1 Å². The number of hydrogen-bond acceptors (Lipinski definition) is 2. The minimum Gasteiger partial charge on any atom is -0.480 e. The van der Waals surface area contributed by atoms with Crippen LogP contribution in [0.3, 0.4) is 0 Å². The van der Waals surface area contributed by atoms with E-state index in [4.69, 9.17) is 0 Å². The van der Waals surface area contributed by atoms with Crippen LogP contribution in [0.1, 0.15) is 36.7 Å². The zero-order chi connectivity index (χ0) is 14.8. The Balaban J connectivity index is 3.19. The number of aliphatic carboxylic acids is 1. The van der Waals surface area contributed by atoms with Crippen molar-refractivity contribution in [3.63, 3.8) is 0 Å². The fourth-order valence-electron chi connectivity index (χ4n) is 1.92. The van der Waals surface area contributed by atoms with Gasteiger partial charge < -0.3 is 10.0 Å². The monoisotopic (exact) mass is 267 g/mol. The summed E-state index contributed by atoms with van der Waals surface area (Å²) in [6.45, 7) is 6.49. The van der Waals surface area contributed by atoms with Crippen LogP contribution in [-0.4, -0.2) is 34.0 Å². The Bertz CT molecular complexity index is 491. The number of carboxylic acid groups (broad SMARTS) is 1. The molecule has 0 spiro atoms. The van der Waals surface area contributed by atoms with E-state index < -0.39 is 23.2 Å². The molecule has 1 N–H and O–H groups in total. The Kier molecular flexibility index (Phi) is 4.29. The third-order valence-corrected chi connectivity index (χ3v) is 3.05. The van der Waals surface area contributed by atoms with E-state index in [-0.39, 0.29) is 12.1 Å². The predicted molar refractivity (Wildman–Crippen MR) is 69.6 cm³/mol. The largest absolute Gasteiger partial charge is 0.480 e. The Morgan fingerprint density at radius 2 is 1.89 bits per heavy atom. The molecule has 0 aliphatic rings. The van der Waals surface area contributed by atoms with Crippen molar-refractivity contribution in [3.8, 4) is 0 Å². The molecule has 1 aromatic carbocycles. The van der Waals surface area contributed by atoms with Crippen LogP contribution >= 0.6 is 0 Å². The highest BCUT2D eigenvalue weighted by Crippen LogP contribution is 2.19. The van der Waals surface area contributed by atoms with Crippen molar-refractivity contribution >= 4 is 11.9 Å². The Hall–Kier alpha value is -1.91.